The van der Waals surface area contributed by atoms with Crippen molar-refractivity contribution in [1.29, 1.82) is 0 Å². The molecule has 18 heavy (non-hydrogen) atoms. The zero-order valence-corrected chi connectivity index (χ0v) is 10.8. The number of aromatic nitrogens is 1. The smallest absolute Gasteiger partial charge is 0.0952 e. The molecule has 1 unspecified atom stereocenters. The Hall–Kier alpha value is -1.81. The van der Waals surface area contributed by atoms with Gasteiger partial charge in [0.25, 0.3) is 0 Å². The quantitative estimate of drug-likeness (QED) is 0.880. The third-order valence-corrected chi connectivity index (χ3v) is 3.03. The maximum Gasteiger partial charge on any atom is 0.0952 e. The van der Waals surface area contributed by atoms with Crippen LogP contribution in [-0.2, 0) is 6.54 Å². The summed E-state index contributed by atoms with van der Waals surface area (Å²) >= 11 is 0. The van der Waals surface area contributed by atoms with Crippen LogP contribution in [-0.4, -0.2) is 12.0 Å². The third-order valence-electron chi connectivity index (χ3n) is 3.03. The SMILES string of the molecule is CCC(N)c1ccc(N(C)Cc2ccoc2)cn1. The molecule has 0 aromatic carbocycles. The lowest BCUT2D eigenvalue weighted by Gasteiger charge is -2.18. The van der Waals surface area contributed by atoms with Crippen molar-refractivity contribution in [2.24, 2.45) is 5.73 Å². The molecule has 2 aromatic rings. The molecule has 4 heteroatoms. The van der Waals surface area contributed by atoms with Crippen LogP contribution in [0.1, 0.15) is 30.6 Å². The molecule has 0 fully saturated rings. The standard InChI is InChI=1S/C14H19N3O/c1-3-13(15)14-5-4-12(8-16-14)17(2)9-11-6-7-18-10-11/h4-8,10,13H,3,9,15H2,1-2H3. The summed E-state index contributed by atoms with van der Waals surface area (Å²) in [6.07, 6.45) is 6.21. The van der Waals surface area contributed by atoms with E-state index in [1.165, 1.54) is 0 Å². The van der Waals surface area contributed by atoms with Crippen LogP contribution in [0.5, 0.6) is 0 Å². The summed E-state index contributed by atoms with van der Waals surface area (Å²) in [7, 11) is 2.03. The summed E-state index contributed by atoms with van der Waals surface area (Å²) in [5.74, 6) is 0. The van der Waals surface area contributed by atoms with E-state index in [0.717, 1.165) is 29.9 Å². The summed E-state index contributed by atoms with van der Waals surface area (Å²) in [6.45, 7) is 2.86. The van der Waals surface area contributed by atoms with Gasteiger partial charge in [-0.2, -0.15) is 0 Å². The van der Waals surface area contributed by atoms with E-state index in [4.69, 9.17) is 10.2 Å². The normalized spacial score (nSPS) is 12.4. The molecule has 0 bridgehead atoms. The molecular formula is C14H19N3O. The van der Waals surface area contributed by atoms with Crippen molar-refractivity contribution in [2.45, 2.75) is 25.9 Å². The van der Waals surface area contributed by atoms with Crippen molar-refractivity contribution < 1.29 is 4.42 Å². The molecule has 0 radical (unpaired) electrons. The molecule has 0 amide bonds. The molecule has 0 saturated carbocycles. The largest absolute Gasteiger partial charge is 0.472 e. The molecule has 0 aliphatic heterocycles. The van der Waals surface area contributed by atoms with E-state index < -0.39 is 0 Å². The van der Waals surface area contributed by atoms with Gasteiger partial charge in [0.05, 0.1) is 30.1 Å². The van der Waals surface area contributed by atoms with Gasteiger partial charge in [-0.15, -0.1) is 0 Å². The zero-order chi connectivity index (χ0) is 13.0. The van der Waals surface area contributed by atoms with Gasteiger partial charge in [-0.1, -0.05) is 6.92 Å². The maximum atomic E-state index is 5.94. The van der Waals surface area contributed by atoms with Crippen molar-refractivity contribution in [1.82, 2.24) is 4.98 Å². The van der Waals surface area contributed by atoms with Gasteiger partial charge in [-0.3, -0.25) is 4.98 Å². The van der Waals surface area contributed by atoms with Gasteiger partial charge in [0.1, 0.15) is 0 Å². The van der Waals surface area contributed by atoms with E-state index in [1.807, 2.05) is 25.4 Å². The molecule has 4 nitrogen and oxygen atoms in total. The molecule has 0 saturated heterocycles. The Morgan fingerprint density at radius 2 is 2.22 bits per heavy atom. The minimum Gasteiger partial charge on any atom is -0.472 e. The average Bonchev–Trinajstić information content (AvgIpc) is 2.91. The summed E-state index contributed by atoms with van der Waals surface area (Å²) in [6, 6.07) is 6.04. The molecule has 96 valence electrons. The third kappa shape index (κ3) is 2.90. The summed E-state index contributed by atoms with van der Waals surface area (Å²) < 4.78 is 5.06. The van der Waals surface area contributed by atoms with Gasteiger partial charge >= 0.3 is 0 Å². The Morgan fingerprint density at radius 1 is 1.39 bits per heavy atom. The first-order valence-corrected chi connectivity index (χ1v) is 6.14. The number of nitrogens with zero attached hydrogens (tertiary/aromatic N) is 2. The molecule has 0 aliphatic carbocycles. The van der Waals surface area contributed by atoms with Gasteiger partial charge in [0.2, 0.25) is 0 Å². The van der Waals surface area contributed by atoms with Crippen molar-refractivity contribution in [3.05, 3.63) is 48.2 Å². The highest BCUT2D eigenvalue weighted by atomic mass is 16.3. The summed E-state index contributed by atoms with van der Waals surface area (Å²) in [5.41, 5.74) is 9.10. The van der Waals surface area contributed by atoms with Gasteiger partial charge in [0, 0.05) is 25.2 Å². The lowest BCUT2D eigenvalue weighted by atomic mass is 10.1. The molecule has 0 spiro atoms. The Morgan fingerprint density at radius 3 is 2.78 bits per heavy atom. The van der Waals surface area contributed by atoms with Crippen LogP contribution in [0.4, 0.5) is 5.69 Å². The number of nitrogens with two attached hydrogens (primary N) is 1. The molecule has 2 N–H and O–H groups in total. The summed E-state index contributed by atoms with van der Waals surface area (Å²) in [4.78, 5) is 6.53. The Labute approximate surface area is 107 Å². The van der Waals surface area contributed by atoms with E-state index in [9.17, 15) is 0 Å². The van der Waals surface area contributed by atoms with Crippen LogP contribution in [0.15, 0.2) is 41.3 Å². The van der Waals surface area contributed by atoms with Crippen molar-refractivity contribution >= 4 is 5.69 Å². The van der Waals surface area contributed by atoms with E-state index in [2.05, 4.69) is 22.9 Å². The first kappa shape index (κ1) is 12.6. The number of hydrogen-bond donors (Lipinski definition) is 1. The molecular weight excluding hydrogens is 226 g/mol. The van der Waals surface area contributed by atoms with Crippen molar-refractivity contribution in [2.75, 3.05) is 11.9 Å². The molecule has 2 aromatic heterocycles. The highest BCUT2D eigenvalue weighted by molar-refractivity contribution is 5.44. The lowest BCUT2D eigenvalue weighted by Crippen LogP contribution is -2.17. The minimum atomic E-state index is 0.0261. The fourth-order valence-electron chi connectivity index (χ4n) is 1.80. The second kappa shape index (κ2) is 5.69. The van der Waals surface area contributed by atoms with Gasteiger partial charge < -0.3 is 15.1 Å². The monoisotopic (exact) mass is 245 g/mol. The molecule has 1 atom stereocenters. The highest BCUT2D eigenvalue weighted by Crippen LogP contribution is 2.17. The molecule has 2 rings (SSSR count). The number of hydrogen-bond acceptors (Lipinski definition) is 4. The van der Waals surface area contributed by atoms with E-state index in [1.54, 1.807) is 12.5 Å². The van der Waals surface area contributed by atoms with Gasteiger partial charge in [-0.25, -0.2) is 0 Å². The fraction of sp³-hybridized carbons (Fsp3) is 0.357. The molecule has 2 heterocycles. The van der Waals surface area contributed by atoms with Gasteiger partial charge in [0.15, 0.2) is 0 Å². The van der Waals surface area contributed by atoms with E-state index >= 15 is 0 Å². The van der Waals surface area contributed by atoms with Crippen LogP contribution >= 0.6 is 0 Å². The predicted octanol–water partition coefficient (Wildman–Crippen LogP) is 2.72. The van der Waals surface area contributed by atoms with Gasteiger partial charge in [-0.05, 0) is 24.6 Å². The van der Waals surface area contributed by atoms with Crippen molar-refractivity contribution in [3.8, 4) is 0 Å². The number of furan rings is 1. The first-order valence-electron chi connectivity index (χ1n) is 6.14. The highest BCUT2D eigenvalue weighted by Gasteiger charge is 2.07. The van der Waals surface area contributed by atoms with Crippen LogP contribution in [0.2, 0.25) is 0 Å². The second-order valence-corrected chi connectivity index (χ2v) is 4.44. The van der Waals surface area contributed by atoms with Crippen LogP contribution < -0.4 is 10.6 Å². The lowest BCUT2D eigenvalue weighted by molar-refractivity contribution is 0.563. The fourth-order valence-corrected chi connectivity index (χ4v) is 1.80. The average molecular weight is 245 g/mol. The maximum absolute atomic E-state index is 5.94. The number of pyridine rings is 1. The van der Waals surface area contributed by atoms with E-state index in [0.29, 0.717) is 0 Å². The topological polar surface area (TPSA) is 55.3 Å². The first-order chi connectivity index (χ1) is 8.70. The van der Waals surface area contributed by atoms with Crippen LogP contribution in [0, 0.1) is 0 Å². The van der Waals surface area contributed by atoms with Crippen molar-refractivity contribution in [3.63, 3.8) is 0 Å². The Kier molecular flexibility index (Phi) is 3.99. The zero-order valence-electron chi connectivity index (χ0n) is 10.8. The Bertz CT molecular complexity index is 464. The predicted molar refractivity (Wildman–Crippen MR) is 72.3 cm³/mol. The number of anilines is 1. The minimum absolute atomic E-state index is 0.0261. The molecule has 0 aliphatic rings. The van der Waals surface area contributed by atoms with Crippen LogP contribution in [0.25, 0.3) is 0 Å². The Balaban J connectivity index is 2.04. The van der Waals surface area contributed by atoms with E-state index in [-0.39, 0.29) is 6.04 Å². The van der Waals surface area contributed by atoms with Crippen LogP contribution in [0.3, 0.4) is 0 Å². The summed E-state index contributed by atoms with van der Waals surface area (Å²) in [5, 5.41) is 0. The number of rotatable bonds is 5. The second-order valence-electron chi connectivity index (χ2n) is 4.44.